The fourth-order valence-corrected chi connectivity index (χ4v) is 1.90. The first-order valence-electron chi connectivity index (χ1n) is 5.20. The first kappa shape index (κ1) is 9.89. The molecule has 2 rings (SSSR count). The molecule has 0 unspecified atom stereocenters. The van der Waals surface area contributed by atoms with Crippen LogP contribution in [0.2, 0.25) is 0 Å². The van der Waals surface area contributed by atoms with Gasteiger partial charge in [0.2, 0.25) is 0 Å². The van der Waals surface area contributed by atoms with E-state index in [1.165, 1.54) is 32.0 Å². The van der Waals surface area contributed by atoms with Gasteiger partial charge in [0.05, 0.1) is 11.8 Å². The van der Waals surface area contributed by atoms with Crippen LogP contribution >= 0.6 is 0 Å². The first-order valence-corrected chi connectivity index (χ1v) is 5.20. The SMILES string of the molecule is N/N=C\c1cncnc1NC1CCCC1. The summed E-state index contributed by atoms with van der Waals surface area (Å²) in [6.07, 6.45) is 9.82. The monoisotopic (exact) mass is 205 g/mol. The van der Waals surface area contributed by atoms with Crippen LogP contribution in [-0.2, 0) is 0 Å². The van der Waals surface area contributed by atoms with Crippen LogP contribution in [0.1, 0.15) is 31.2 Å². The van der Waals surface area contributed by atoms with Crippen LogP contribution in [0.5, 0.6) is 0 Å². The summed E-state index contributed by atoms with van der Waals surface area (Å²) in [5.41, 5.74) is 0.840. The molecule has 80 valence electrons. The smallest absolute Gasteiger partial charge is 0.138 e. The molecule has 5 heteroatoms. The molecule has 0 amide bonds. The average molecular weight is 205 g/mol. The van der Waals surface area contributed by atoms with Crippen molar-refractivity contribution >= 4 is 12.0 Å². The van der Waals surface area contributed by atoms with Gasteiger partial charge < -0.3 is 11.2 Å². The van der Waals surface area contributed by atoms with E-state index in [-0.39, 0.29) is 0 Å². The molecule has 3 N–H and O–H groups in total. The maximum Gasteiger partial charge on any atom is 0.138 e. The van der Waals surface area contributed by atoms with E-state index in [0.717, 1.165) is 11.4 Å². The van der Waals surface area contributed by atoms with E-state index in [9.17, 15) is 0 Å². The molecule has 0 bridgehead atoms. The van der Waals surface area contributed by atoms with Crippen molar-refractivity contribution in [3.8, 4) is 0 Å². The van der Waals surface area contributed by atoms with Crippen LogP contribution < -0.4 is 11.2 Å². The van der Waals surface area contributed by atoms with Gasteiger partial charge in [-0.1, -0.05) is 12.8 Å². The van der Waals surface area contributed by atoms with Crippen molar-refractivity contribution in [2.45, 2.75) is 31.7 Å². The number of rotatable bonds is 3. The highest BCUT2D eigenvalue weighted by atomic mass is 15.1. The molecular formula is C10H15N5. The van der Waals surface area contributed by atoms with Crippen LogP contribution in [0.15, 0.2) is 17.6 Å². The maximum atomic E-state index is 5.12. The van der Waals surface area contributed by atoms with Crippen molar-refractivity contribution in [2.24, 2.45) is 10.9 Å². The molecule has 1 heterocycles. The van der Waals surface area contributed by atoms with Gasteiger partial charge in [-0.3, -0.25) is 0 Å². The lowest BCUT2D eigenvalue weighted by Crippen LogP contribution is -2.17. The number of hydrogen-bond acceptors (Lipinski definition) is 5. The molecule has 0 aromatic carbocycles. The highest BCUT2D eigenvalue weighted by molar-refractivity contribution is 5.85. The van der Waals surface area contributed by atoms with E-state index in [4.69, 9.17) is 5.84 Å². The van der Waals surface area contributed by atoms with Crippen LogP contribution in [0.4, 0.5) is 5.82 Å². The second-order valence-corrected chi connectivity index (χ2v) is 3.73. The summed E-state index contributed by atoms with van der Waals surface area (Å²) in [5, 5.41) is 6.89. The van der Waals surface area contributed by atoms with E-state index in [1.54, 1.807) is 12.4 Å². The zero-order valence-electron chi connectivity index (χ0n) is 8.56. The van der Waals surface area contributed by atoms with E-state index in [1.807, 2.05) is 0 Å². The number of nitrogens with two attached hydrogens (primary N) is 1. The first-order chi connectivity index (χ1) is 7.40. The zero-order chi connectivity index (χ0) is 10.5. The summed E-state index contributed by atoms with van der Waals surface area (Å²) in [6.45, 7) is 0. The van der Waals surface area contributed by atoms with Gasteiger partial charge in [-0.15, -0.1) is 0 Å². The largest absolute Gasteiger partial charge is 0.367 e. The lowest BCUT2D eigenvalue weighted by atomic mass is 10.2. The van der Waals surface area contributed by atoms with Crippen molar-refractivity contribution in [1.82, 2.24) is 9.97 Å². The van der Waals surface area contributed by atoms with Crippen LogP contribution in [-0.4, -0.2) is 22.2 Å². The average Bonchev–Trinajstić information content (AvgIpc) is 2.74. The van der Waals surface area contributed by atoms with Crippen molar-refractivity contribution in [3.05, 3.63) is 18.1 Å². The number of nitrogens with zero attached hydrogens (tertiary/aromatic N) is 3. The molecule has 5 nitrogen and oxygen atoms in total. The molecule has 0 radical (unpaired) electrons. The fourth-order valence-electron chi connectivity index (χ4n) is 1.90. The van der Waals surface area contributed by atoms with Gasteiger partial charge in [-0.05, 0) is 12.8 Å². The quantitative estimate of drug-likeness (QED) is 0.440. The van der Waals surface area contributed by atoms with Gasteiger partial charge in [0.25, 0.3) is 0 Å². The molecule has 0 spiro atoms. The molecule has 0 atom stereocenters. The number of anilines is 1. The summed E-state index contributed by atoms with van der Waals surface area (Å²) in [4.78, 5) is 8.13. The van der Waals surface area contributed by atoms with Gasteiger partial charge in [0, 0.05) is 12.2 Å². The third kappa shape index (κ3) is 2.43. The second-order valence-electron chi connectivity index (χ2n) is 3.73. The Kier molecular flexibility index (Phi) is 3.11. The summed E-state index contributed by atoms with van der Waals surface area (Å²) in [5.74, 6) is 5.95. The molecule has 1 fully saturated rings. The molecule has 1 aromatic rings. The predicted octanol–water partition coefficient (Wildman–Crippen LogP) is 1.12. The topological polar surface area (TPSA) is 76.2 Å². The Labute approximate surface area is 88.8 Å². The van der Waals surface area contributed by atoms with Crippen molar-refractivity contribution in [2.75, 3.05) is 5.32 Å². The third-order valence-corrected chi connectivity index (χ3v) is 2.65. The van der Waals surface area contributed by atoms with Gasteiger partial charge >= 0.3 is 0 Å². The highest BCUT2D eigenvalue weighted by Gasteiger charge is 2.15. The fraction of sp³-hybridized carbons (Fsp3) is 0.500. The minimum Gasteiger partial charge on any atom is -0.367 e. The normalized spacial score (nSPS) is 17.3. The van der Waals surface area contributed by atoms with E-state index >= 15 is 0 Å². The molecule has 1 saturated carbocycles. The minimum absolute atomic E-state index is 0.532. The molecular weight excluding hydrogens is 190 g/mol. The Morgan fingerprint density at radius 3 is 3.00 bits per heavy atom. The lowest BCUT2D eigenvalue weighted by molar-refractivity contribution is 0.749. The number of hydrogen-bond donors (Lipinski definition) is 2. The standard InChI is InChI=1S/C10H15N5/c11-14-6-8-5-12-7-13-10(8)15-9-3-1-2-4-9/h5-7,9H,1-4,11H2,(H,12,13,15)/b14-6-. The lowest BCUT2D eigenvalue weighted by Gasteiger charge is -2.13. The minimum atomic E-state index is 0.532. The maximum absolute atomic E-state index is 5.12. The number of hydrazone groups is 1. The summed E-state index contributed by atoms with van der Waals surface area (Å²) in [6, 6.07) is 0.532. The summed E-state index contributed by atoms with van der Waals surface area (Å²) >= 11 is 0. The molecule has 1 aliphatic rings. The Morgan fingerprint density at radius 2 is 2.27 bits per heavy atom. The number of nitrogens with one attached hydrogen (secondary N) is 1. The van der Waals surface area contributed by atoms with Crippen LogP contribution in [0.3, 0.4) is 0 Å². The van der Waals surface area contributed by atoms with Crippen LogP contribution in [0.25, 0.3) is 0 Å². The zero-order valence-corrected chi connectivity index (χ0v) is 8.56. The highest BCUT2D eigenvalue weighted by Crippen LogP contribution is 2.22. The van der Waals surface area contributed by atoms with Gasteiger partial charge in [0.1, 0.15) is 12.1 Å². The molecule has 0 aliphatic heterocycles. The van der Waals surface area contributed by atoms with Crippen molar-refractivity contribution < 1.29 is 0 Å². The third-order valence-electron chi connectivity index (χ3n) is 2.65. The molecule has 15 heavy (non-hydrogen) atoms. The summed E-state index contributed by atoms with van der Waals surface area (Å²) in [7, 11) is 0. The van der Waals surface area contributed by atoms with Gasteiger partial charge in [-0.25, -0.2) is 9.97 Å². The van der Waals surface area contributed by atoms with Crippen molar-refractivity contribution in [1.29, 1.82) is 0 Å². The Hall–Kier alpha value is -1.65. The Balaban J connectivity index is 2.11. The predicted molar refractivity (Wildman–Crippen MR) is 59.7 cm³/mol. The molecule has 1 aromatic heterocycles. The van der Waals surface area contributed by atoms with E-state index in [2.05, 4.69) is 20.4 Å². The van der Waals surface area contributed by atoms with Crippen molar-refractivity contribution in [3.63, 3.8) is 0 Å². The second kappa shape index (κ2) is 4.72. The summed E-state index contributed by atoms with van der Waals surface area (Å²) < 4.78 is 0. The number of aromatic nitrogens is 2. The Bertz CT molecular complexity index is 343. The molecule has 1 aliphatic carbocycles. The van der Waals surface area contributed by atoms with E-state index < -0.39 is 0 Å². The van der Waals surface area contributed by atoms with Gasteiger partial charge in [0.15, 0.2) is 0 Å². The van der Waals surface area contributed by atoms with Gasteiger partial charge in [-0.2, -0.15) is 5.10 Å². The molecule has 0 saturated heterocycles. The van der Waals surface area contributed by atoms with Crippen LogP contribution in [0, 0.1) is 0 Å². The van der Waals surface area contributed by atoms with E-state index in [0.29, 0.717) is 6.04 Å². The Morgan fingerprint density at radius 1 is 1.47 bits per heavy atom.